The molecule has 0 saturated heterocycles. The molecule has 7 heteroatoms. The van der Waals surface area contributed by atoms with Crippen LogP contribution < -0.4 is 10.0 Å². The van der Waals surface area contributed by atoms with Crippen LogP contribution in [0.3, 0.4) is 0 Å². The Morgan fingerprint density at radius 1 is 1.08 bits per heavy atom. The molecule has 2 rings (SSSR count). The highest BCUT2D eigenvalue weighted by molar-refractivity contribution is 7.92. The van der Waals surface area contributed by atoms with Gasteiger partial charge < -0.3 is 5.32 Å². The van der Waals surface area contributed by atoms with Crippen molar-refractivity contribution < 1.29 is 13.2 Å². The van der Waals surface area contributed by atoms with Crippen LogP contribution in [0.1, 0.15) is 24.0 Å². The third-order valence-corrected chi connectivity index (χ3v) is 4.35. The van der Waals surface area contributed by atoms with Crippen LogP contribution in [0.2, 0.25) is 5.02 Å². The van der Waals surface area contributed by atoms with Crippen LogP contribution in [0.4, 0.5) is 5.69 Å². The van der Waals surface area contributed by atoms with Crippen molar-refractivity contribution in [3.8, 4) is 0 Å². The Balaban J connectivity index is 1.96. The smallest absolute Gasteiger partial charge is 0.229 e. The Hall–Kier alpha value is -2.05. The summed E-state index contributed by atoms with van der Waals surface area (Å²) in [4.78, 5) is 12.2. The highest BCUT2D eigenvalue weighted by atomic mass is 35.5. The summed E-state index contributed by atoms with van der Waals surface area (Å²) in [5, 5.41) is 3.53. The zero-order valence-electron chi connectivity index (χ0n) is 13.4. The van der Waals surface area contributed by atoms with E-state index in [-0.39, 0.29) is 11.8 Å². The predicted molar refractivity (Wildman–Crippen MR) is 96.6 cm³/mol. The number of halogens is 1. The highest BCUT2D eigenvalue weighted by Crippen LogP contribution is 2.19. The van der Waals surface area contributed by atoms with Gasteiger partial charge in [0.25, 0.3) is 0 Å². The molecule has 2 aromatic carbocycles. The second-order valence-electron chi connectivity index (χ2n) is 5.56. The highest BCUT2D eigenvalue weighted by Gasteiger charge is 2.15. The summed E-state index contributed by atoms with van der Waals surface area (Å²) >= 11 is 5.83. The van der Waals surface area contributed by atoms with Crippen LogP contribution in [0.5, 0.6) is 0 Å². The van der Waals surface area contributed by atoms with Crippen LogP contribution in [-0.2, 0) is 21.4 Å². The second-order valence-corrected chi connectivity index (χ2v) is 7.75. The number of rotatable bonds is 6. The van der Waals surface area contributed by atoms with E-state index in [9.17, 15) is 13.2 Å². The van der Waals surface area contributed by atoms with Crippen molar-refractivity contribution in [1.29, 1.82) is 0 Å². The number of hydrogen-bond donors (Lipinski definition) is 2. The molecule has 0 aliphatic carbocycles. The van der Waals surface area contributed by atoms with E-state index in [1.807, 2.05) is 12.1 Å². The third-order valence-electron chi connectivity index (χ3n) is 3.49. The lowest BCUT2D eigenvalue weighted by atomic mass is 10.00. The molecule has 2 aromatic rings. The molecule has 0 fully saturated rings. The maximum atomic E-state index is 12.2. The topological polar surface area (TPSA) is 75.3 Å². The number of amides is 1. The molecular formula is C17H19ClN2O3S. The van der Waals surface area contributed by atoms with E-state index in [1.165, 1.54) is 0 Å². The molecule has 0 bridgehead atoms. The Bertz CT molecular complexity index is 803. The molecule has 0 spiro atoms. The molecule has 128 valence electrons. The second kappa shape index (κ2) is 7.68. The lowest BCUT2D eigenvalue weighted by molar-refractivity contribution is -0.122. The number of benzene rings is 2. The zero-order chi connectivity index (χ0) is 17.7. The molecule has 1 atom stereocenters. The fourth-order valence-electron chi connectivity index (χ4n) is 2.15. The van der Waals surface area contributed by atoms with Gasteiger partial charge in [0.05, 0.1) is 12.2 Å². The summed E-state index contributed by atoms with van der Waals surface area (Å²) in [5.41, 5.74) is 2.24. The van der Waals surface area contributed by atoms with Gasteiger partial charge in [-0.25, -0.2) is 8.42 Å². The van der Waals surface area contributed by atoms with Crippen molar-refractivity contribution in [3.05, 3.63) is 64.7 Å². The SMILES string of the molecule is CC(C(=O)NCc1ccc(Cl)cc1)c1ccc(NS(C)(=O)=O)cc1. The number of sulfonamides is 1. The molecular weight excluding hydrogens is 348 g/mol. The summed E-state index contributed by atoms with van der Waals surface area (Å²) in [6, 6.07) is 14.0. The van der Waals surface area contributed by atoms with Crippen LogP contribution in [0.25, 0.3) is 0 Å². The lowest BCUT2D eigenvalue weighted by Gasteiger charge is -2.13. The van der Waals surface area contributed by atoms with Gasteiger partial charge in [0.2, 0.25) is 15.9 Å². The van der Waals surface area contributed by atoms with E-state index in [2.05, 4.69) is 10.0 Å². The fourth-order valence-corrected chi connectivity index (χ4v) is 2.84. The zero-order valence-corrected chi connectivity index (χ0v) is 15.0. The maximum Gasteiger partial charge on any atom is 0.229 e. The molecule has 1 amide bonds. The predicted octanol–water partition coefficient (Wildman–Crippen LogP) is 3.13. The summed E-state index contributed by atoms with van der Waals surface area (Å²) in [7, 11) is -3.31. The van der Waals surface area contributed by atoms with Gasteiger partial charge in [-0.15, -0.1) is 0 Å². The first-order valence-electron chi connectivity index (χ1n) is 7.34. The summed E-state index contributed by atoms with van der Waals surface area (Å²) in [5.74, 6) is -0.446. The molecule has 24 heavy (non-hydrogen) atoms. The van der Waals surface area contributed by atoms with Gasteiger partial charge in [-0.2, -0.15) is 0 Å². The molecule has 0 aliphatic rings. The quantitative estimate of drug-likeness (QED) is 0.824. The minimum absolute atomic E-state index is 0.103. The monoisotopic (exact) mass is 366 g/mol. The maximum absolute atomic E-state index is 12.2. The van der Waals surface area contributed by atoms with Crippen molar-refractivity contribution in [3.63, 3.8) is 0 Å². The van der Waals surface area contributed by atoms with Crippen molar-refractivity contribution in [2.24, 2.45) is 0 Å². The molecule has 0 saturated carbocycles. The summed E-state index contributed by atoms with van der Waals surface area (Å²) < 4.78 is 24.8. The first kappa shape index (κ1) is 18.3. The van der Waals surface area contributed by atoms with Crippen molar-refractivity contribution in [2.75, 3.05) is 11.0 Å². The molecule has 0 aromatic heterocycles. The van der Waals surface area contributed by atoms with Gasteiger partial charge in [-0.05, 0) is 42.3 Å². The van der Waals surface area contributed by atoms with Crippen LogP contribution in [-0.4, -0.2) is 20.6 Å². The van der Waals surface area contributed by atoms with E-state index >= 15 is 0 Å². The largest absolute Gasteiger partial charge is 0.352 e. The van der Waals surface area contributed by atoms with Gasteiger partial charge in [-0.3, -0.25) is 9.52 Å². The average molecular weight is 367 g/mol. The van der Waals surface area contributed by atoms with Gasteiger partial charge in [-0.1, -0.05) is 35.9 Å². The van der Waals surface area contributed by atoms with E-state index in [0.29, 0.717) is 17.3 Å². The van der Waals surface area contributed by atoms with Crippen LogP contribution in [0, 0.1) is 0 Å². The molecule has 1 unspecified atom stereocenters. The Labute approximate surface area is 147 Å². The minimum atomic E-state index is -3.31. The van der Waals surface area contributed by atoms with Crippen LogP contribution in [0.15, 0.2) is 48.5 Å². The van der Waals surface area contributed by atoms with E-state index in [1.54, 1.807) is 43.3 Å². The fraction of sp³-hybridized carbons (Fsp3) is 0.235. The van der Waals surface area contributed by atoms with Gasteiger partial charge in [0.1, 0.15) is 0 Å². The standard InChI is InChI=1S/C17H19ClN2O3S/c1-12(14-5-9-16(10-6-14)20-24(2,22)23)17(21)19-11-13-3-7-15(18)8-4-13/h3-10,12,20H,11H2,1-2H3,(H,19,21). The Kier molecular flexibility index (Phi) is 5.85. The van der Waals surface area contributed by atoms with E-state index in [4.69, 9.17) is 11.6 Å². The number of nitrogens with one attached hydrogen (secondary N) is 2. The first-order chi connectivity index (χ1) is 11.2. The Morgan fingerprint density at radius 2 is 1.67 bits per heavy atom. The lowest BCUT2D eigenvalue weighted by Crippen LogP contribution is -2.27. The molecule has 0 radical (unpaired) electrons. The normalized spacial score (nSPS) is 12.5. The first-order valence-corrected chi connectivity index (χ1v) is 9.61. The number of hydrogen-bond acceptors (Lipinski definition) is 3. The summed E-state index contributed by atoms with van der Waals surface area (Å²) in [6.07, 6.45) is 1.09. The third kappa shape index (κ3) is 5.54. The van der Waals surface area contributed by atoms with Gasteiger partial charge in [0.15, 0.2) is 0 Å². The molecule has 2 N–H and O–H groups in total. The van der Waals surface area contributed by atoms with Crippen molar-refractivity contribution in [1.82, 2.24) is 5.32 Å². The van der Waals surface area contributed by atoms with Gasteiger partial charge >= 0.3 is 0 Å². The number of anilines is 1. The van der Waals surface area contributed by atoms with Gasteiger partial charge in [0, 0.05) is 17.3 Å². The average Bonchev–Trinajstić information content (AvgIpc) is 2.52. The van der Waals surface area contributed by atoms with E-state index < -0.39 is 10.0 Å². The molecule has 0 heterocycles. The number of carbonyl (C=O) groups is 1. The van der Waals surface area contributed by atoms with Crippen molar-refractivity contribution >= 4 is 33.2 Å². The molecule has 0 aliphatic heterocycles. The minimum Gasteiger partial charge on any atom is -0.352 e. The number of carbonyl (C=O) groups excluding carboxylic acids is 1. The summed E-state index contributed by atoms with van der Waals surface area (Å²) in [6.45, 7) is 2.23. The Morgan fingerprint density at radius 3 is 2.21 bits per heavy atom. The van der Waals surface area contributed by atoms with Crippen molar-refractivity contribution in [2.45, 2.75) is 19.4 Å². The molecule has 5 nitrogen and oxygen atoms in total. The van der Waals surface area contributed by atoms with E-state index in [0.717, 1.165) is 17.4 Å². The van der Waals surface area contributed by atoms with Crippen LogP contribution >= 0.6 is 11.6 Å².